The highest BCUT2D eigenvalue weighted by Gasteiger charge is 2.21. The summed E-state index contributed by atoms with van der Waals surface area (Å²) in [6.45, 7) is 2.10. The highest BCUT2D eigenvalue weighted by molar-refractivity contribution is 7.16. The van der Waals surface area contributed by atoms with Crippen molar-refractivity contribution in [2.75, 3.05) is 5.32 Å². The summed E-state index contributed by atoms with van der Waals surface area (Å²) in [4.78, 5) is 13.8. The Morgan fingerprint density at radius 2 is 1.95 bits per heavy atom. The van der Waals surface area contributed by atoms with Crippen LogP contribution in [0.5, 0.6) is 0 Å². The van der Waals surface area contributed by atoms with Gasteiger partial charge < -0.3 is 11.1 Å². The fraction of sp³-hybridized carbons (Fsp3) is 0.353. The number of hydrogen-bond donors (Lipinski definition) is 2. The topological polar surface area (TPSA) is 55.1 Å². The largest absolute Gasteiger partial charge is 0.316 e. The molecule has 1 amide bonds. The molecule has 0 bridgehead atoms. The Hall–Kier alpha value is -1.65. The number of hydrogen-bond acceptors (Lipinski definition) is 3. The zero-order chi connectivity index (χ0) is 14.8. The van der Waals surface area contributed by atoms with Crippen molar-refractivity contribution in [3.05, 3.63) is 51.9 Å². The molecule has 0 saturated heterocycles. The molecule has 3 nitrogen and oxygen atoms in total. The minimum absolute atomic E-state index is 0.136. The first-order valence-electron chi connectivity index (χ1n) is 7.39. The zero-order valence-corrected chi connectivity index (χ0v) is 13.0. The van der Waals surface area contributed by atoms with E-state index < -0.39 is 6.04 Å². The number of carbonyl (C=O) groups excluding carboxylic acids is 1. The van der Waals surface area contributed by atoms with Crippen LogP contribution in [0.3, 0.4) is 0 Å². The van der Waals surface area contributed by atoms with E-state index in [0.717, 1.165) is 23.4 Å². The van der Waals surface area contributed by atoms with E-state index in [-0.39, 0.29) is 5.91 Å². The quantitative estimate of drug-likeness (QED) is 0.910. The lowest BCUT2D eigenvalue weighted by Gasteiger charge is -2.12. The van der Waals surface area contributed by atoms with Crippen molar-refractivity contribution < 1.29 is 4.79 Å². The molecule has 1 aliphatic rings. The molecule has 0 saturated carbocycles. The predicted octanol–water partition coefficient (Wildman–Crippen LogP) is 3.57. The van der Waals surface area contributed by atoms with E-state index >= 15 is 0 Å². The van der Waals surface area contributed by atoms with E-state index in [4.69, 9.17) is 5.73 Å². The van der Waals surface area contributed by atoms with Crippen molar-refractivity contribution in [3.8, 4) is 0 Å². The fourth-order valence-electron chi connectivity index (χ4n) is 2.84. The Morgan fingerprint density at radius 3 is 2.67 bits per heavy atom. The van der Waals surface area contributed by atoms with Crippen LogP contribution in [-0.2, 0) is 17.6 Å². The Balaban J connectivity index is 1.77. The second kappa shape index (κ2) is 6.00. The SMILES string of the molecule is Cc1c(NC(=O)C(N)c2ccccc2)sc2c1CCCC2. The van der Waals surface area contributed by atoms with Gasteiger partial charge in [-0.25, -0.2) is 0 Å². The summed E-state index contributed by atoms with van der Waals surface area (Å²) in [6.07, 6.45) is 4.78. The molecule has 21 heavy (non-hydrogen) atoms. The molecule has 3 rings (SSSR count). The first-order valence-corrected chi connectivity index (χ1v) is 8.21. The normalized spacial score (nSPS) is 15.3. The van der Waals surface area contributed by atoms with Gasteiger partial charge in [0, 0.05) is 4.88 Å². The molecular formula is C17H20N2OS. The van der Waals surface area contributed by atoms with E-state index in [1.165, 1.54) is 28.8 Å². The van der Waals surface area contributed by atoms with Gasteiger partial charge in [-0.05, 0) is 49.3 Å². The Morgan fingerprint density at radius 1 is 1.24 bits per heavy atom. The van der Waals surface area contributed by atoms with Crippen molar-refractivity contribution in [3.63, 3.8) is 0 Å². The van der Waals surface area contributed by atoms with Crippen LogP contribution in [0.4, 0.5) is 5.00 Å². The van der Waals surface area contributed by atoms with Crippen molar-refractivity contribution >= 4 is 22.2 Å². The van der Waals surface area contributed by atoms with Crippen LogP contribution < -0.4 is 11.1 Å². The highest BCUT2D eigenvalue weighted by Crippen LogP contribution is 2.37. The number of nitrogens with one attached hydrogen (secondary N) is 1. The third-order valence-corrected chi connectivity index (χ3v) is 5.42. The van der Waals surface area contributed by atoms with Gasteiger partial charge in [0.2, 0.25) is 5.91 Å². The number of amides is 1. The van der Waals surface area contributed by atoms with Gasteiger partial charge in [-0.1, -0.05) is 30.3 Å². The molecule has 0 aliphatic heterocycles. The van der Waals surface area contributed by atoms with Gasteiger partial charge in [0.25, 0.3) is 0 Å². The number of nitrogens with two attached hydrogens (primary N) is 1. The van der Waals surface area contributed by atoms with Crippen LogP contribution in [0.2, 0.25) is 0 Å². The van der Waals surface area contributed by atoms with E-state index in [9.17, 15) is 4.79 Å². The number of aryl methyl sites for hydroxylation is 1. The second-order valence-corrected chi connectivity index (χ2v) is 6.65. The van der Waals surface area contributed by atoms with Crippen LogP contribution in [0.15, 0.2) is 30.3 Å². The van der Waals surface area contributed by atoms with Gasteiger partial charge >= 0.3 is 0 Å². The summed E-state index contributed by atoms with van der Waals surface area (Å²) < 4.78 is 0. The van der Waals surface area contributed by atoms with Crippen molar-refractivity contribution in [1.82, 2.24) is 0 Å². The smallest absolute Gasteiger partial charge is 0.246 e. The molecule has 1 aromatic heterocycles. The van der Waals surface area contributed by atoms with Crippen LogP contribution in [0, 0.1) is 6.92 Å². The lowest BCUT2D eigenvalue weighted by molar-refractivity contribution is -0.117. The number of benzene rings is 1. The van der Waals surface area contributed by atoms with Crippen molar-refractivity contribution in [2.24, 2.45) is 5.73 Å². The monoisotopic (exact) mass is 300 g/mol. The van der Waals surface area contributed by atoms with Crippen LogP contribution in [0.1, 0.15) is 40.5 Å². The van der Waals surface area contributed by atoms with Crippen molar-refractivity contribution in [2.45, 2.75) is 38.6 Å². The summed E-state index contributed by atoms with van der Waals surface area (Å²) in [7, 11) is 0. The maximum Gasteiger partial charge on any atom is 0.246 e. The Bertz CT molecular complexity index is 648. The van der Waals surface area contributed by atoms with E-state index in [1.54, 1.807) is 11.3 Å². The molecule has 1 aliphatic carbocycles. The van der Waals surface area contributed by atoms with E-state index in [1.807, 2.05) is 30.3 Å². The Labute approximate surface area is 129 Å². The standard InChI is InChI=1S/C17H20N2OS/c1-11-13-9-5-6-10-14(13)21-17(11)19-16(20)15(18)12-7-3-2-4-8-12/h2-4,7-8,15H,5-6,9-10,18H2,1H3,(H,19,20). The molecule has 0 radical (unpaired) electrons. The average molecular weight is 300 g/mol. The number of thiophene rings is 1. The lowest BCUT2D eigenvalue weighted by atomic mass is 9.96. The number of anilines is 1. The van der Waals surface area contributed by atoms with Gasteiger partial charge in [0.1, 0.15) is 6.04 Å². The van der Waals surface area contributed by atoms with Crippen LogP contribution in [-0.4, -0.2) is 5.91 Å². The summed E-state index contributed by atoms with van der Waals surface area (Å²) in [6, 6.07) is 8.87. The van der Waals surface area contributed by atoms with Crippen molar-refractivity contribution in [1.29, 1.82) is 0 Å². The molecule has 0 spiro atoms. The average Bonchev–Trinajstić information content (AvgIpc) is 2.84. The van der Waals surface area contributed by atoms with Crippen LogP contribution in [0.25, 0.3) is 0 Å². The molecule has 3 N–H and O–H groups in total. The van der Waals surface area contributed by atoms with E-state index in [0.29, 0.717) is 0 Å². The third kappa shape index (κ3) is 2.87. The first kappa shape index (κ1) is 14.3. The molecule has 110 valence electrons. The zero-order valence-electron chi connectivity index (χ0n) is 12.2. The lowest BCUT2D eigenvalue weighted by Crippen LogP contribution is -2.27. The third-order valence-electron chi connectivity index (χ3n) is 4.11. The molecule has 4 heteroatoms. The summed E-state index contributed by atoms with van der Waals surface area (Å²) in [5, 5.41) is 3.99. The summed E-state index contributed by atoms with van der Waals surface area (Å²) >= 11 is 1.72. The number of carbonyl (C=O) groups is 1. The highest BCUT2D eigenvalue weighted by atomic mass is 32.1. The van der Waals surface area contributed by atoms with Gasteiger partial charge in [-0.2, -0.15) is 0 Å². The van der Waals surface area contributed by atoms with Gasteiger partial charge in [0.05, 0.1) is 5.00 Å². The minimum atomic E-state index is -0.621. The Kier molecular flexibility index (Phi) is 4.08. The number of fused-ring (bicyclic) bond motifs is 1. The number of rotatable bonds is 3. The summed E-state index contributed by atoms with van der Waals surface area (Å²) in [5.41, 5.74) is 9.56. The second-order valence-electron chi connectivity index (χ2n) is 5.54. The molecular weight excluding hydrogens is 280 g/mol. The van der Waals surface area contributed by atoms with E-state index in [2.05, 4.69) is 12.2 Å². The van der Waals surface area contributed by atoms with Gasteiger partial charge in [-0.3, -0.25) is 4.79 Å². The molecule has 2 aromatic rings. The molecule has 1 aromatic carbocycles. The molecule has 1 atom stereocenters. The predicted molar refractivity (Wildman–Crippen MR) is 87.7 cm³/mol. The minimum Gasteiger partial charge on any atom is -0.316 e. The van der Waals surface area contributed by atoms with Gasteiger partial charge in [-0.15, -0.1) is 11.3 Å². The van der Waals surface area contributed by atoms with Crippen LogP contribution >= 0.6 is 11.3 Å². The maximum absolute atomic E-state index is 12.3. The maximum atomic E-state index is 12.3. The molecule has 1 unspecified atom stereocenters. The van der Waals surface area contributed by atoms with Gasteiger partial charge in [0.15, 0.2) is 0 Å². The molecule has 0 fully saturated rings. The summed E-state index contributed by atoms with van der Waals surface area (Å²) in [5.74, 6) is -0.136. The molecule has 1 heterocycles. The fourth-order valence-corrected chi connectivity index (χ4v) is 4.14. The first-order chi connectivity index (χ1) is 10.2.